The monoisotopic (exact) mass is 427 g/mol. The van der Waals surface area contributed by atoms with Crippen LogP contribution in [0.3, 0.4) is 0 Å². The lowest BCUT2D eigenvalue weighted by Crippen LogP contribution is -2.31. The minimum Gasteiger partial charge on any atom is -0.492 e. The number of hydrogen-bond donors (Lipinski definition) is 0. The molecule has 0 spiro atoms. The molecule has 4 heteroatoms. The Bertz CT molecular complexity index is 801. The molecule has 0 unspecified atom stereocenters. The maximum absolute atomic E-state index is 6.44. The minimum absolute atomic E-state index is 0.138. The van der Waals surface area contributed by atoms with Crippen LogP contribution in [0.15, 0.2) is 48.5 Å². The Kier molecular flexibility index (Phi) is 7.35. The fourth-order valence-electron chi connectivity index (χ4n) is 4.87. The first-order valence-corrected chi connectivity index (χ1v) is 11.8. The Morgan fingerprint density at radius 2 is 1.83 bits per heavy atom. The van der Waals surface area contributed by atoms with Crippen molar-refractivity contribution in [1.82, 2.24) is 4.90 Å². The van der Waals surface area contributed by atoms with Crippen LogP contribution in [0.5, 0.6) is 5.75 Å². The molecule has 0 amide bonds. The lowest BCUT2D eigenvalue weighted by atomic mass is 9.76. The van der Waals surface area contributed by atoms with Crippen LogP contribution in [-0.4, -0.2) is 37.7 Å². The zero-order chi connectivity index (χ0) is 20.9. The number of likely N-dealkylation sites (tertiary alicyclic amines) is 1. The van der Waals surface area contributed by atoms with Gasteiger partial charge in [-0.25, -0.2) is 0 Å². The van der Waals surface area contributed by atoms with Crippen molar-refractivity contribution in [3.63, 3.8) is 0 Å². The molecule has 3 atom stereocenters. The van der Waals surface area contributed by atoms with Crippen LogP contribution in [0, 0.1) is 11.8 Å². The molecular weight excluding hydrogens is 394 g/mol. The van der Waals surface area contributed by atoms with E-state index in [0.717, 1.165) is 37.0 Å². The Labute approximate surface area is 186 Å². The standard InChI is InChI=1S/C26H34ClNO2/c1-19(2)25-17-22(21-6-5-7-23(27)16-21)18-30-26(25)20-8-10-24(11-9-20)29-15-14-28-12-3-4-13-28/h5-11,16,19,22,25-26H,3-4,12-15,17-18H2,1-2H3/t22-,25-,26-/m0/s1. The molecule has 0 aliphatic carbocycles. The fourth-order valence-corrected chi connectivity index (χ4v) is 5.07. The third kappa shape index (κ3) is 5.38. The van der Waals surface area contributed by atoms with E-state index in [2.05, 4.69) is 55.1 Å². The first-order valence-electron chi connectivity index (χ1n) is 11.4. The maximum Gasteiger partial charge on any atom is 0.119 e. The van der Waals surface area contributed by atoms with Crippen LogP contribution in [0.25, 0.3) is 0 Å². The first kappa shape index (κ1) is 21.7. The van der Waals surface area contributed by atoms with E-state index >= 15 is 0 Å². The van der Waals surface area contributed by atoms with Crippen molar-refractivity contribution < 1.29 is 9.47 Å². The average Bonchev–Trinajstić information content (AvgIpc) is 3.27. The zero-order valence-electron chi connectivity index (χ0n) is 18.2. The number of halogens is 1. The molecule has 2 heterocycles. The molecule has 2 saturated heterocycles. The van der Waals surface area contributed by atoms with Gasteiger partial charge in [-0.3, -0.25) is 4.90 Å². The Morgan fingerprint density at radius 1 is 1.07 bits per heavy atom. The smallest absolute Gasteiger partial charge is 0.119 e. The summed E-state index contributed by atoms with van der Waals surface area (Å²) < 4.78 is 12.4. The van der Waals surface area contributed by atoms with Crippen LogP contribution in [0.1, 0.15) is 56.3 Å². The highest BCUT2D eigenvalue weighted by Gasteiger charge is 2.35. The number of ether oxygens (including phenoxy) is 2. The lowest BCUT2D eigenvalue weighted by Gasteiger charge is -2.39. The second-order valence-electron chi connectivity index (χ2n) is 9.12. The largest absolute Gasteiger partial charge is 0.492 e. The van der Waals surface area contributed by atoms with Crippen LogP contribution in [0.4, 0.5) is 0 Å². The van der Waals surface area contributed by atoms with E-state index in [4.69, 9.17) is 21.1 Å². The molecule has 162 valence electrons. The number of hydrogen-bond acceptors (Lipinski definition) is 3. The molecule has 2 aromatic rings. The van der Waals surface area contributed by atoms with Crippen molar-refractivity contribution in [3.8, 4) is 5.75 Å². The third-order valence-electron chi connectivity index (χ3n) is 6.68. The van der Waals surface area contributed by atoms with E-state index in [9.17, 15) is 0 Å². The predicted octanol–water partition coefficient (Wildman–Crippen LogP) is 6.33. The van der Waals surface area contributed by atoms with Crippen molar-refractivity contribution in [2.75, 3.05) is 32.8 Å². The van der Waals surface area contributed by atoms with Gasteiger partial charge in [-0.15, -0.1) is 0 Å². The van der Waals surface area contributed by atoms with Crippen molar-refractivity contribution in [1.29, 1.82) is 0 Å². The SMILES string of the molecule is CC(C)[C@@H]1C[C@H](c2cccc(Cl)c2)CO[C@H]1c1ccc(OCCN2CCCC2)cc1. The third-order valence-corrected chi connectivity index (χ3v) is 6.92. The molecule has 4 rings (SSSR count). The van der Waals surface area contributed by atoms with E-state index < -0.39 is 0 Å². The van der Waals surface area contributed by atoms with Gasteiger partial charge in [0.1, 0.15) is 12.4 Å². The van der Waals surface area contributed by atoms with Gasteiger partial charge in [0, 0.05) is 17.5 Å². The van der Waals surface area contributed by atoms with Gasteiger partial charge in [0.25, 0.3) is 0 Å². The normalized spacial score (nSPS) is 25.0. The zero-order valence-corrected chi connectivity index (χ0v) is 19.0. The number of nitrogens with zero attached hydrogens (tertiary/aromatic N) is 1. The van der Waals surface area contributed by atoms with Crippen LogP contribution in [-0.2, 0) is 4.74 Å². The highest BCUT2D eigenvalue weighted by molar-refractivity contribution is 6.30. The molecule has 2 aliphatic heterocycles. The minimum atomic E-state index is 0.138. The Morgan fingerprint density at radius 3 is 2.53 bits per heavy atom. The molecular formula is C26H34ClNO2. The number of benzene rings is 2. The molecule has 30 heavy (non-hydrogen) atoms. The summed E-state index contributed by atoms with van der Waals surface area (Å²) in [6.45, 7) is 9.56. The summed E-state index contributed by atoms with van der Waals surface area (Å²) in [5.74, 6) is 2.38. The Balaban J connectivity index is 1.37. The van der Waals surface area contributed by atoms with Crippen LogP contribution in [0.2, 0.25) is 5.02 Å². The molecule has 0 radical (unpaired) electrons. The maximum atomic E-state index is 6.44. The second kappa shape index (κ2) is 10.2. The topological polar surface area (TPSA) is 21.7 Å². The molecule has 0 saturated carbocycles. The van der Waals surface area contributed by atoms with Gasteiger partial charge in [0.15, 0.2) is 0 Å². The van der Waals surface area contributed by atoms with E-state index in [1.807, 2.05) is 12.1 Å². The fraction of sp³-hybridized carbons (Fsp3) is 0.538. The van der Waals surface area contributed by atoms with Crippen molar-refractivity contribution in [3.05, 3.63) is 64.7 Å². The average molecular weight is 428 g/mol. The molecule has 0 aromatic heterocycles. The van der Waals surface area contributed by atoms with Gasteiger partial charge in [0.2, 0.25) is 0 Å². The van der Waals surface area contributed by atoms with Gasteiger partial charge in [0.05, 0.1) is 12.7 Å². The van der Waals surface area contributed by atoms with E-state index in [-0.39, 0.29) is 6.10 Å². The molecule has 0 N–H and O–H groups in total. The molecule has 2 aliphatic rings. The summed E-state index contributed by atoms with van der Waals surface area (Å²) in [7, 11) is 0. The summed E-state index contributed by atoms with van der Waals surface area (Å²) in [6, 6.07) is 16.8. The van der Waals surface area contributed by atoms with Gasteiger partial charge >= 0.3 is 0 Å². The van der Waals surface area contributed by atoms with Crippen molar-refractivity contribution >= 4 is 11.6 Å². The lowest BCUT2D eigenvalue weighted by molar-refractivity contribution is -0.0552. The second-order valence-corrected chi connectivity index (χ2v) is 9.55. The summed E-state index contributed by atoms with van der Waals surface area (Å²) in [5.41, 5.74) is 2.54. The summed E-state index contributed by atoms with van der Waals surface area (Å²) >= 11 is 6.22. The van der Waals surface area contributed by atoms with Crippen LogP contribution >= 0.6 is 11.6 Å². The van der Waals surface area contributed by atoms with Crippen molar-refractivity contribution in [2.45, 2.75) is 45.1 Å². The van der Waals surface area contributed by atoms with Gasteiger partial charge in [-0.2, -0.15) is 0 Å². The van der Waals surface area contributed by atoms with Crippen LogP contribution < -0.4 is 4.74 Å². The quantitative estimate of drug-likeness (QED) is 0.515. The molecule has 3 nitrogen and oxygen atoms in total. The van der Waals surface area contributed by atoms with Crippen molar-refractivity contribution in [2.24, 2.45) is 11.8 Å². The molecule has 0 bridgehead atoms. The summed E-state index contributed by atoms with van der Waals surface area (Å²) in [4.78, 5) is 2.48. The Hall–Kier alpha value is -1.55. The molecule has 2 aromatic carbocycles. The van der Waals surface area contributed by atoms with Gasteiger partial charge in [-0.05, 0) is 79.6 Å². The van der Waals surface area contributed by atoms with Gasteiger partial charge in [-0.1, -0.05) is 49.7 Å². The summed E-state index contributed by atoms with van der Waals surface area (Å²) in [5, 5.41) is 0.802. The molecule has 2 fully saturated rings. The van der Waals surface area contributed by atoms with E-state index in [1.165, 1.54) is 37.1 Å². The van der Waals surface area contributed by atoms with Gasteiger partial charge < -0.3 is 9.47 Å². The number of rotatable bonds is 7. The summed E-state index contributed by atoms with van der Waals surface area (Å²) in [6.07, 6.45) is 3.91. The highest BCUT2D eigenvalue weighted by Crippen LogP contribution is 2.43. The highest BCUT2D eigenvalue weighted by atomic mass is 35.5. The first-order chi connectivity index (χ1) is 14.6. The predicted molar refractivity (Wildman–Crippen MR) is 123 cm³/mol. The van der Waals surface area contributed by atoms with E-state index in [0.29, 0.717) is 17.8 Å². The van der Waals surface area contributed by atoms with E-state index in [1.54, 1.807) is 0 Å².